The van der Waals surface area contributed by atoms with Gasteiger partial charge in [-0.05, 0) is 31.2 Å². The van der Waals surface area contributed by atoms with Gasteiger partial charge in [-0.1, -0.05) is 36.4 Å². The SMILES string of the molecule is CC(O)C1CCN(C(=O)CCCOc2cccc3ccccc23)C1. The zero-order valence-electron chi connectivity index (χ0n) is 14.1. The Balaban J connectivity index is 1.46. The molecule has 2 aromatic carbocycles. The molecular weight excluding hydrogens is 302 g/mol. The minimum Gasteiger partial charge on any atom is -0.493 e. The van der Waals surface area contributed by atoms with Crippen LogP contribution >= 0.6 is 0 Å². The molecule has 1 heterocycles. The predicted octanol–water partition coefficient (Wildman–Crippen LogP) is 3.23. The summed E-state index contributed by atoms with van der Waals surface area (Å²) in [5.74, 6) is 1.26. The van der Waals surface area contributed by atoms with Gasteiger partial charge in [0, 0.05) is 30.8 Å². The zero-order valence-corrected chi connectivity index (χ0v) is 14.1. The Hall–Kier alpha value is -2.07. The second-order valence-corrected chi connectivity index (χ2v) is 6.56. The van der Waals surface area contributed by atoms with E-state index in [4.69, 9.17) is 4.74 Å². The van der Waals surface area contributed by atoms with Gasteiger partial charge in [-0.2, -0.15) is 0 Å². The third-order valence-corrected chi connectivity index (χ3v) is 4.80. The monoisotopic (exact) mass is 327 g/mol. The third kappa shape index (κ3) is 3.88. The maximum absolute atomic E-state index is 12.2. The van der Waals surface area contributed by atoms with E-state index in [0.717, 1.165) is 29.5 Å². The molecule has 1 fully saturated rings. The number of hydrogen-bond donors (Lipinski definition) is 1. The molecule has 2 aromatic rings. The largest absolute Gasteiger partial charge is 0.493 e. The number of rotatable bonds is 6. The van der Waals surface area contributed by atoms with Crippen molar-refractivity contribution < 1.29 is 14.6 Å². The van der Waals surface area contributed by atoms with Crippen molar-refractivity contribution in [2.75, 3.05) is 19.7 Å². The number of nitrogens with zero attached hydrogens (tertiary/aromatic N) is 1. The predicted molar refractivity (Wildman–Crippen MR) is 95.0 cm³/mol. The molecule has 0 saturated carbocycles. The molecule has 0 aliphatic carbocycles. The zero-order chi connectivity index (χ0) is 16.9. The van der Waals surface area contributed by atoms with Crippen LogP contribution in [0.1, 0.15) is 26.2 Å². The highest BCUT2D eigenvalue weighted by Crippen LogP contribution is 2.25. The summed E-state index contributed by atoms with van der Waals surface area (Å²) in [6.07, 6.45) is 1.77. The second-order valence-electron chi connectivity index (χ2n) is 6.56. The van der Waals surface area contributed by atoms with Gasteiger partial charge in [-0.15, -0.1) is 0 Å². The molecule has 0 aromatic heterocycles. The second kappa shape index (κ2) is 7.67. The topological polar surface area (TPSA) is 49.8 Å². The summed E-state index contributed by atoms with van der Waals surface area (Å²) < 4.78 is 5.88. The molecule has 0 spiro atoms. The van der Waals surface area contributed by atoms with E-state index in [0.29, 0.717) is 26.0 Å². The van der Waals surface area contributed by atoms with Crippen molar-refractivity contribution in [3.63, 3.8) is 0 Å². The average Bonchev–Trinajstić information content (AvgIpc) is 3.09. The minimum absolute atomic E-state index is 0.166. The number of likely N-dealkylation sites (tertiary alicyclic amines) is 1. The maximum Gasteiger partial charge on any atom is 0.222 e. The average molecular weight is 327 g/mol. The van der Waals surface area contributed by atoms with E-state index < -0.39 is 0 Å². The van der Waals surface area contributed by atoms with Crippen LogP contribution in [-0.2, 0) is 4.79 Å². The fraction of sp³-hybridized carbons (Fsp3) is 0.450. The first-order chi connectivity index (χ1) is 11.6. The summed E-state index contributed by atoms with van der Waals surface area (Å²) in [4.78, 5) is 14.1. The van der Waals surface area contributed by atoms with Crippen LogP contribution in [0.4, 0.5) is 0 Å². The van der Waals surface area contributed by atoms with Crippen molar-refractivity contribution in [2.45, 2.75) is 32.3 Å². The van der Waals surface area contributed by atoms with Crippen LogP contribution in [0.2, 0.25) is 0 Å². The maximum atomic E-state index is 12.2. The van der Waals surface area contributed by atoms with E-state index in [2.05, 4.69) is 18.2 Å². The van der Waals surface area contributed by atoms with Crippen LogP contribution < -0.4 is 4.74 Å². The number of carbonyl (C=O) groups excluding carboxylic acids is 1. The summed E-state index contributed by atoms with van der Waals surface area (Å²) in [5.41, 5.74) is 0. The normalized spacial score (nSPS) is 18.8. The molecule has 1 aliphatic heterocycles. The van der Waals surface area contributed by atoms with Crippen molar-refractivity contribution in [1.82, 2.24) is 4.90 Å². The number of fused-ring (bicyclic) bond motifs is 1. The van der Waals surface area contributed by atoms with Gasteiger partial charge in [-0.25, -0.2) is 0 Å². The molecule has 1 saturated heterocycles. The van der Waals surface area contributed by atoms with Crippen molar-refractivity contribution in [2.24, 2.45) is 5.92 Å². The molecule has 128 valence electrons. The lowest BCUT2D eigenvalue weighted by molar-refractivity contribution is -0.130. The highest BCUT2D eigenvalue weighted by Gasteiger charge is 2.28. The summed E-state index contributed by atoms with van der Waals surface area (Å²) in [5, 5.41) is 11.9. The molecule has 2 atom stereocenters. The fourth-order valence-electron chi connectivity index (χ4n) is 3.29. The van der Waals surface area contributed by atoms with E-state index in [1.165, 1.54) is 0 Å². The van der Waals surface area contributed by atoms with Crippen molar-refractivity contribution in [3.05, 3.63) is 42.5 Å². The number of ether oxygens (including phenoxy) is 1. The molecule has 0 radical (unpaired) electrons. The molecule has 1 amide bonds. The van der Waals surface area contributed by atoms with Gasteiger partial charge in [0.15, 0.2) is 0 Å². The number of hydrogen-bond acceptors (Lipinski definition) is 3. The molecule has 0 bridgehead atoms. The lowest BCUT2D eigenvalue weighted by Crippen LogP contribution is -2.30. The summed E-state index contributed by atoms with van der Waals surface area (Å²) in [6, 6.07) is 14.2. The molecule has 3 rings (SSSR count). The number of carbonyl (C=O) groups is 1. The van der Waals surface area contributed by atoms with Crippen LogP contribution in [0, 0.1) is 5.92 Å². The Morgan fingerprint density at radius 2 is 2.08 bits per heavy atom. The van der Waals surface area contributed by atoms with E-state index in [1.807, 2.05) is 29.2 Å². The van der Waals surface area contributed by atoms with Gasteiger partial charge in [-0.3, -0.25) is 4.79 Å². The first kappa shape index (κ1) is 16.8. The Labute approximate surface area is 143 Å². The molecule has 1 aliphatic rings. The third-order valence-electron chi connectivity index (χ3n) is 4.80. The number of aliphatic hydroxyl groups excluding tert-OH is 1. The van der Waals surface area contributed by atoms with Crippen LogP contribution in [0.25, 0.3) is 10.8 Å². The summed E-state index contributed by atoms with van der Waals surface area (Å²) in [6.45, 7) is 3.78. The van der Waals surface area contributed by atoms with E-state index in [9.17, 15) is 9.90 Å². The van der Waals surface area contributed by atoms with Crippen molar-refractivity contribution in [1.29, 1.82) is 0 Å². The number of benzene rings is 2. The van der Waals surface area contributed by atoms with E-state index >= 15 is 0 Å². The lowest BCUT2D eigenvalue weighted by atomic mass is 10.0. The van der Waals surface area contributed by atoms with Crippen LogP contribution in [0.5, 0.6) is 5.75 Å². The molecule has 4 heteroatoms. The fourth-order valence-corrected chi connectivity index (χ4v) is 3.29. The molecule has 24 heavy (non-hydrogen) atoms. The summed E-state index contributed by atoms with van der Waals surface area (Å²) in [7, 11) is 0. The highest BCUT2D eigenvalue weighted by molar-refractivity contribution is 5.88. The minimum atomic E-state index is -0.336. The van der Waals surface area contributed by atoms with Gasteiger partial charge < -0.3 is 14.7 Å². The van der Waals surface area contributed by atoms with Gasteiger partial charge in [0.25, 0.3) is 0 Å². The van der Waals surface area contributed by atoms with Crippen LogP contribution in [0.15, 0.2) is 42.5 Å². The van der Waals surface area contributed by atoms with Gasteiger partial charge in [0.1, 0.15) is 5.75 Å². The standard InChI is InChI=1S/C20H25NO3/c1-15(22)17-11-12-21(14-17)20(23)10-5-13-24-19-9-4-7-16-6-2-3-8-18(16)19/h2-4,6-9,15,17,22H,5,10-14H2,1H3. The summed E-state index contributed by atoms with van der Waals surface area (Å²) >= 11 is 0. The van der Waals surface area contributed by atoms with Crippen LogP contribution in [-0.4, -0.2) is 41.7 Å². The smallest absolute Gasteiger partial charge is 0.222 e. The Kier molecular flexibility index (Phi) is 5.36. The highest BCUT2D eigenvalue weighted by atomic mass is 16.5. The Bertz CT molecular complexity index is 693. The first-order valence-electron chi connectivity index (χ1n) is 8.71. The molecule has 4 nitrogen and oxygen atoms in total. The lowest BCUT2D eigenvalue weighted by Gasteiger charge is -2.18. The Morgan fingerprint density at radius 1 is 1.29 bits per heavy atom. The Morgan fingerprint density at radius 3 is 2.88 bits per heavy atom. The van der Waals surface area contributed by atoms with Gasteiger partial charge in [0.2, 0.25) is 5.91 Å². The van der Waals surface area contributed by atoms with Crippen molar-refractivity contribution in [3.8, 4) is 5.75 Å². The van der Waals surface area contributed by atoms with Crippen molar-refractivity contribution >= 4 is 16.7 Å². The quantitative estimate of drug-likeness (QED) is 0.829. The van der Waals surface area contributed by atoms with Crippen LogP contribution in [0.3, 0.4) is 0 Å². The first-order valence-corrected chi connectivity index (χ1v) is 8.71. The van der Waals surface area contributed by atoms with E-state index in [1.54, 1.807) is 6.92 Å². The number of amides is 1. The number of aliphatic hydroxyl groups is 1. The van der Waals surface area contributed by atoms with Gasteiger partial charge >= 0.3 is 0 Å². The molecule has 2 unspecified atom stereocenters. The van der Waals surface area contributed by atoms with E-state index in [-0.39, 0.29) is 17.9 Å². The molecular formula is C20H25NO3. The molecule has 1 N–H and O–H groups in total. The van der Waals surface area contributed by atoms with Gasteiger partial charge in [0.05, 0.1) is 12.7 Å².